The van der Waals surface area contributed by atoms with Gasteiger partial charge in [-0.15, -0.1) is 0 Å². The van der Waals surface area contributed by atoms with Crippen molar-refractivity contribution in [2.45, 2.75) is 6.92 Å². The van der Waals surface area contributed by atoms with E-state index in [9.17, 15) is 10.1 Å². The molecule has 0 aliphatic heterocycles. The number of carbonyl (C=O) groups excluding carboxylic acids is 1. The van der Waals surface area contributed by atoms with Crippen molar-refractivity contribution < 1.29 is 18.7 Å². The molecule has 2 aromatic rings. The topological polar surface area (TPSA) is 84.8 Å². The van der Waals surface area contributed by atoms with Crippen molar-refractivity contribution in [2.24, 2.45) is 4.99 Å². The molecule has 0 saturated heterocycles. The summed E-state index contributed by atoms with van der Waals surface area (Å²) in [7, 11) is 1.30. The van der Waals surface area contributed by atoms with Gasteiger partial charge in [-0.1, -0.05) is 0 Å². The highest BCUT2D eigenvalue weighted by atomic mass is 16.5. The zero-order valence-electron chi connectivity index (χ0n) is 11.0. The van der Waals surface area contributed by atoms with Crippen LogP contribution in [0.1, 0.15) is 22.8 Å². The van der Waals surface area contributed by atoms with Gasteiger partial charge in [0.05, 0.1) is 19.3 Å². The van der Waals surface area contributed by atoms with Crippen molar-refractivity contribution in [1.29, 1.82) is 5.26 Å². The summed E-state index contributed by atoms with van der Waals surface area (Å²) in [6.07, 6.45) is 1.22. The molecule has 20 heavy (non-hydrogen) atoms. The summed E-state index contributed by atoms with van der Waals surface area (Å²) in [5.74, 6) is -0.320. The molecule has 0 saturated carbocycles. The molecular formula is C14H12N2O4. The Morgan fingerprint density at radius 1 is 1.55 bits per heavy atom. The van der Waals surface area contributed by atoms with Crippen LogP contribution in [0.5, 0.6) is 0 Å². The van der Waals surface area contributed by atoms with E-state index in [2.05, 4.69) is 9.73 Å². The van der Waals surface area contributed by atoms with Crippen LogP contribution in [-0.4, -0.2) is 26.1 Å². The Morgan fingerprint density at radius 3 is 3.00 bits per heavy atom. The standard InChI is InChI=1S/C14H12N2O4/c1-3-19-8-16-13-11(7-15)10-5-4-9(14(17)18-2)6-12(10)20-13/h4-6,8H,3H2,1-2H3. The zero-order chi connectivity index (χ0) is 14.5. The van der Waals surface area contributed by atoms with Gasteiger partial charge in [0, 0.05) is 5.39 Å². The number of carbonyl (C=O) groups is 1. The summed E-state index contributed by atoms with van der Waals surface area (Å²) in [6, 6.07) is 6.74. The highest BCUT2D eigenvalue weighted by Gasteiger charge is 2.15. The third kappa shape index (κ3) is 2.47. The number of rotatable bonds is 4. The maximum absolute atomic E-state index is 11.5. The smallest absolute Gasteiger partial charge is 0.337 e. The van der Waals surface area contributed by atoms with Crippen LogP contribution in [0.3, 0.4) is 0 Å². The second-order valence-corrected chi connectivity index (χ2v) is 3.79. The van der Waals surface area contributed by atoms with E-state index in [0.717, 1.165) is 0 Å². The number of ether oxygens (including phenoxy) is 2. The molecule has 0 bridgehead atoms. The molecule has 0 aliphatic rings. The lowest BCUT2D eigenvalue weighted by Crippen LogP contribution is -2.00. The number of aliphatic imine (C=N–C) groups is 1. The van der Waals surface area contributed by atoms with Crippen molar-refractivity contribution in [1.82, 2.24) is 0 Å². The number of hydrogen-bond donors (Lipinski definition) is 0. The van der Waals surface area contributed by atoms with Gasteiger partial charge < -0.3 is 13.9 Å². The molecule has 2 rings (SSSR count). The van der Waals surface area contributed by atoms with E-state index in [-0.39, 0.29) is 5.88 Å². The average molecular weight is 272 g/mol. The number of esters is 1. The van der Waals surface area contributed by atoms with E-state index in [4.69, 9.17) is 9.15 Å². The van der Waals surface area contributed by atoms with Gasteiger partial charge >= 0.3 is 5.97 Å². The maximum atomic E-state index is 11.5. The summed E-state index contributed by atoms with van der Waals surface area (Å²) in [6.45, 7) is 2.29. The van der Waals surface area contributed by atoms with Crippen molar-refractivity contribution >= 4 is 29.2 Å². The van der Waals surface area contributed by atoms with Crippen LogP contribution in [0.4, 0.5) is 5.88 Å². The lowest BCUT2D eigenvalue weighted by atomic mass is 10.1. The van der Waals surface area contributed by atoms with Gasteiger partial charge in [0.2, 0.25) is 5.88 Å². The molecule has 102 valence electrons. The van der Waals surface area contributed by atoms with Gasteiger partial charge in [-0.25, -0.2) is 4.79 Å². The molecule has 6 heteroatoms. The minimum atomic E-state index is -0.471. The largest absolute Gasteiger partial charge is 0.483 e. The lowest BCUT2D eigenvalue weighted by molar-refractivity contribution is 0.0601. The Balaban J connectivity index is 2.51. The van der Waals surface area contributed by atoms with Crippen LogP contribution < -0.4 is 0 Å². The number of nitrogens with zero attached hydrogens (tertiary/aromatic N) is 2. The van der Waals surface area contributed by atoms with Crippen LogP contribution in [0.2, 0.25) is 0 Å². The van der Waals surface area contributed by atoms with Crippen LogP contribution in [0.25, 0.3) is 11.0 Å². The van der Waals surface area contributed by atoms with Crippen molar-refractivity contribution in [3.63, 3.8) is 0 Å². The van der Waals surface area contributed by atoms with Crippen molar-refractivity contribution in [3.8, 4) is 6.07 Å². The normalized spacial score (nSPS) is 10.7. The minimum absolute atomic E-state index is 0.151. The van der Waals surface area contributed by atoms with E-state index in [0.29, 0.717) is 28.7 Å². The predicted octanol–water partition coefficient (Wildman–Crippen LogP) is 2.79. The fourth-order valence-electron chi connectivity index (χ4n) is 1.69. The Morgan fingerprint density at radius 2 is 2.35 bits per heavy atom. The number of hydrogen-bond acceptors (Lipinski definition) is 6. The fourth-order valence-corrected chi connectivity index (χ4v) is 1.69. The highest BCUT2D eigenvalue weighted by molar-refractivity contribution is 5.96. The maximum Gasteiger partial charge on any atom is 0.337 e. The minimum Gasteiger partial charge on any atom is -0.483 e. The summed E-state index contributed by atoms with van der Waals surface area (Å²) < 4.78 is 15.1. The van der Waals surface area contributed by atoms with Gasteiger partial charge in [-0.05, 0) is 25.1 Å². The van der Waals surface area contributed by atoms with E-state index in [1.54, 1.807) is 12.1 Å². The predicted molar refractivity (Wildman–Crippen MR) is 72.0 cm³/mol. The first-order valence-corrected chi connectivity index (χ1v) is 5.90. The molecular weight excluding hydrogens is 260 g/mol. The summed E-state index contributed by atoms with van der Waals surface area (Å²) in [4.78, 5) is 15.4. The lowest BCUT2D eigenvalue weighted by Gasteiger charge is -1.97. The number of nitriles is 1. The first-order valence-electron chi connectivity index (χ1n) is 5.90. The number of benzene rings is 1. The van der Waals surface area contributed by atoms with Crippen LogP contribution in [-0.2, 0) is 9.47 Å². The number of methoxy groups -OCH3 is 1. The quantitative estimate of drug-likeness (QED) is 0.485. The van der Waals surface area contributed by atoms with Crippen molar-refractivity contribution in [2.75, 3.05) is 13.7 Å². The Hall–Kier alpha value is -2.81. The highest BCUT2D eigenvalue weighted by Crippen LogP contribution is 2.32. The summed E-state index contributed by atoms with van der Waals surface area (Å²) in [5.41, 5.74) is 1.04. The van der Waals surface area contributed by atoms with E-state index in [1.165, 1.54) is 19.6 Å². The summed E-state index contributed by atoms with van der Waals surface area (Å²) >= 11 is 0. The van der Waals surface area contributed by atoms with Crippen LogP contribution in [0.15, 0.2) is 27.6 Å². The third-order valence-electron chi connectivity index (χ3n) is 2.62. The second-order valence-electron chi connectivity index (χ2n) is 3.79. The van der Waals surface area contributed by atoms with Gasteiger partial charge in [0.1, 0.15) is 17.2 Å². The molecule has 0 fully saturated rings. The van der Waals surface area contributed by atoms with Gasteiger partial charge in [-0.2, -0.15) is 10.3 Å². The van der Waals surface area contributed by atoms with E-state index in [1.807, 2.05) is 13.0 Å². The SMILES string of the molecule is CCOC=Nc1oc2cc(C(=O)OC)ccc2c1C#N. The Bertz CT molecular complexity index is 710. The third-order valence-corrected chi connectivity index (χ3v) is 2.62. The molecule has 1 heterocycles. The molecule has 0 aliphatic carbocycles. The van der Waals surface area contributed by atoms with Crippen LogP contribution in [0, 0.1) is 11.3 Å². The second kappa shape index (κ2) is 5.89. The first kappa shape index (κ1) is 13.6. The van der Waals surface area contributed by atoms with Crippen molar-refractivity contribution in [3.05, 3.63) is 29.3 Å². The number of fused-ring (bicyclic) bond motifs is 1. The van der Waals surface area contributed by atoms with Gasteiger partial charge in [0.25, 0.3) is 0 Å². The van der Waals surface area contributed by atoms with Gasteiger partial charge in [-0.3, -0.25) is 0 Å². The Labute approximate surface area is 115 Å². The van der Waals surface area contributed by atoms with Crippen LogP contribution >= 0.6 is 0 Å². The molecule has 0 atom stereocenters. The molecule has 0 spiro atoms. The molecule has 0 radical (unpaired) electrons. The molecule has 0 N–H and O–H groups in total. The zero-order valence-corrected chi connectivity index (χ0v) is 11.0. The molecule has 1 aromatic carbocycles. The molecule has 0 amide bonds. The molecule has 6 nitrogen and oxygen atoms in total. The number of furan rings is 1. The van der Waals surface area contributed by atoms with Gasteiger partial charge in [0.15, 0.2) is 6.40 Å². The average Bonchev–Trinajstić information content (AvgIpc) is 2.83. The molecule has 0 unspecified atom stereocenters. The van der Waals surface area contributed by atoms with E-state index >= 15 is 0 Å². The summed E-state index contributed by atoms with van der Waals surface area (Å²) in [5, 5.41) is 9.76. The molecule has 1 aromatic heterocycles. The Kier molecular flexibility index (Phi) is 4.01. The first-order chi connectivity index (χ1) is 9.71. The van der Waals surface area contributed by atoms with E-state index < -0.39 is 5.97 Å². The monoisotopic (exact) mass is 272 g/mol. The fraction of sp³-hybridized carbons (Fsp3) is 0.214.